The molecule has 0 radical (unpaired) electrons. The normalized spacial score (nSPS) is 36.9. The highest BCUT2D eigenvalue weighted by Gasteiger charge is 2.49. The van der Waals surface area contributed by atoms with Crippen molar-refractivity contribution in [1.82, 2.24) is 4.90 Å². The Labute approximate surface area is 118 Å². The third-order valence-corrected chi connectivity index (χ3v) is 5.76. The van der Waals surface area contributed by atoms with Crippen molar-refractivity contribution in [3.63, 3.8) is 0 Å². The molecule has 19 heavy (non-hydrogen) atoms. The summed E-state index contributed by atoms with van der Waals surface area (Å²) in [6.45, 7) is 9.01. The molecule has 2 aliphatic heterocycles. The molecule has 2 unspecified atom stereocenters. The standard InChI is InChI=1S/C17H31NO/c1-4-14-9-15-5-6-16(10-14)18(15)11-17(7-8-17)12-19-13(2)3/h13-16H,4-12H2,1-3H3. The average Bonchev–Trinajstić information content (AvgIpc) is 3.11. The average molecular weight is 265 g/mol. The lowest BCUT2D eigenvalue weighted by Crippen LogP contribution is -2.46. The maximum atomic E-state index is 5.92. The van der Waals surface area contributed by atoms with E-state index in [1.807, 2.05) is 0 Å². The number of fused-ring (bicyclic) bond motifs is 2. The van der Waals surface area contributed by atoms with Crippen LogP contribution >= 0.6 is 0 Å². The first-order chi connectivity index (χ1) is 9.12. The maximum Gasteiger partial charge on any atom is 0.0538 e. The Kier molecular flexibility index (Phi) is 3.92. The molecule has 3 aliphatic rings. The molecule has 2 bridgehead atoms. The van der Waals surface area contributed by atoms with E-state index >= 15 is 0 Å². The van der Waals surface area contributed by atoms with Crippen molar-refractivity contribution in [2.45, 2.75) is 83.9 Å². The minimum atomic E-state index is 0.389. The number of piperidine rings is 1. The molecule has 0 aromatic rings. The van der Waals surface area contributed by atoms with E-state index in [1.54, 1.807) is 0 Å². The van der Waals surface area contributed by atoms with Gasteiger partial charge < -0.3 is 4.74 Å². The zero-order valence-electron chi connectivity index (χ0n) is 13.0. The molecule has 2 nitrogen and oxygen atoms in total. The van der Waals surface area contributed by atoms with Crippen LogP contribution < -0.4 is 0 Å². The molecule has 2 atom stereocenters. The first kappa shape index (κ1) is 13.9. The van der Waals surface area contributed by atoms with Crippen LogP contribution in [-0.4, -0.2) is 36.2 Å². The molecule has 0 aromatic carbocycles. The van der Waals surface area contributed by atoms with Crippen LogP contribution in [0, 0.1) is 11.3 Å². The van der Waals surface area contributed by atoms with Gasteiger partial charge in [0.15, 0.2) is 0 Å². The second kappa shape index (κ2) is 5.37. The second-order valence-electron chi connectivity index (χ2n) is 7.66. The highest BCUT2D eigenvalue weighted by atomic mass is 16.5. The SMILES string of the molecule is CCC1CC2CCC(C1)N2CC1(COC(C)C)CC1. The van der Waals surface area contributed by atoms with Gasteiger partial charge in [0.1, 0.15) is 0 Å². The van der Waals surface area contributed by atoms with Gasteiger partial charge in [-0.1, -0.05) is 13.3 Å². The van der Waals surface area contributed by atoms with Gasteiger partial charge in [-0.3, -0.25) is 4.90 Å². The largest absolute Gasteiger partial charge is 0.378 e. The topological polar surface area (TPSA) is 12.5 Å². The maximum absolute atomic E-state index is 5.92. The number of nitrogens with zero attached hydrogens (tertiary/aromatic N) is 1. The van der Waals surface area contributed by atoms with Crippen molar-refractivity contribution in [2.24, 2.45) is 11.3 Å². The van der Waals surface area contributed by atoms with Gasteiger partial charge in [-0.2, -0.15) is 0 Å². The number of rotatable bonds is 6. The van der Waals surface area contributed by atoms with Crippen molar-refractivity contribution in [3.05, 3.63) is 0 Å². The van der Waals surface area contributed by atoms with Crippen LogP contribution in [0.2, 0.25) is 0 Å². The molecular weight excluding hydrogens is 234 g/mol. The zero-order valence-corrected chi connectivity index (χ0v) is 13.0. The summed E-state index contributed by atoms with van der Waals surface area (Å²) in [7, 11) is 0. The third kappa shape index (κ3) is 3.00. The summed E-state index contributed by atoms with van der Waals surface area (Å²) in [5.74, 6) is 1.01. The summed E-state index contributed by atoms with van der Waals surface area (Å²) in [6, 6.07) is 1.81. The van der Waals surface area contributed by atoms with Crippen LogP contribution in [-0.2, 0) is 4.74 Å². The summed E-state index contributed by atoms with van der Waals surface area (Å²) >= 11 is 0. The van der Waals surface area contributed by atoms with Gasteiger partial charge in [-0.25, -0.2) is 0 Å². The predicted octanol–water partition coefficient (Wildman–Crippen LogP) is 3.84. The Balaban J connectivity index is 1.56. The minimum absolute atomic E-state index is 0.389. The monoisotopic (exact) mass is 265 g/mol. The summed E-state index contributed by atoms with van der Waals surface area (Å²) in [5.41, 5.74) is 0.532. The van der Waals surface area contributed by atoms with Gasteiger partial charge in [-0.15, -0.1) is 0 Å². The second-order valence-corrected chi connectivity index (χ2v) is 7.66. The van der Waals surface area contributed by atoms with Gasteiger partial charge in [-0.05, 0) is 58.3 Å². The molecule has 2 saturated heterocycles. The van der Waals surface area contributed by atoms with E-state index < -0.39 is 0 Å². The molecule has 0 aromatic heterocycles. The molecule has 0 spiro atoms. The minimum Gasteiger partial charge on any atom is -0.378 e. The molecule has 1 aliphatic carbocycles. The Morgan fingerprint density at radius 3 is 2.26 bits per heavy atom. The van der Waals surface area contributed by atoms with Crippen LogP contribution in [0.3, 0.4) is 0 Å². The number of hydrogen-bond acceptors (Lipinski definition) is 2. The van der Waals surface area contributed by atoms with Crippen molar-refractivity contribution in [2.75, 3.05) is 13.2 Å². The Hall–Kier alpha value is -0.0800. The molecule has 3 fully saturated rings. The van der Waals surface area contributed by atoms with Gasteiger partial charge in [0.25, 0.3) is 0 Å². The first-order valence-corrected chi connectivity index (χ1v) is 8.49. The van der Waals surface area contributed by atoms with Crippen LogP contribution in [0.25, 0.3) is 0 Å². The van der Waals surface area contributed by atoms with Crippen LogP contribution in [0.1, 0.15) is 65.7 Å². The van der Waals surface area contributed by atoms with Gasteiger partial charge in [0.05, 0.1) is 12.7 Å². The molecule has 1 saturated carbocycles. The summed E-state index contributed by atoms with van der Waals surface area (Å²) in [5, 5.41) is 0. The lowest BCUT2D eigenvalue weighted by atomic mass is 9.88. The van der Waals surface area contributed by atoms with Crippen LogP contribution in [0.5, 0.6) is 0 Å². The molecule has 0 amide bonds. The van der Waals surface area contributed by atoms with Gasteiger partial charge >= 0.3 is 0 Å². The summed E-state index contributed by atoms with van der Waals surface area (Å²) in [6.07, 6.45) is 10.4. The number of ether oxygens (including phenoxy) is 1. The highest BCUT2D eigenvalue weighted by molar-refractivity contribution is 5.02. The molecular formula is C17H31NO. The lowest BCUT2D eigenvalue weighted by Gasteiger charge is -2.40. The lowest BCUT2D eigenvalue weighted by molar-refractivity contribution is 0.0118. The van der Waals surface area contributed by atoms with Crippen molar-refractivity contribution >= 4 is 0 Å². The van der Waals surface area contributed by atoms with Gasteiger partial charge in [0.2, 0.25) is 0 Å². The van der Waals surface area contributed by atoms with E-state index in [2.05, 4.69) is 25.7 Å². The Morgan fingerprint density at radius 1 is 1.16 bits per heavy atom. The van der Waals surface area contributed by atoms with E-state index in [4.69, 9.17) is 4.74 Å². The van der Waals surface area contributed by atoms with Crippen molar-refractivity contribution < 1.29 is 4.74 Å². The Morgan fingerprint density at radius 2 is 1.79 bits per heavy atom. The molecule has 0 N–H and O–H groups in total. The summed E-state index contributed by atoms with van der Waals surface area (Å²) < 4.78 is 5.92. The molecule has 2 heteroatoms. The third-order valence-electron chi connectivity index (χ3n) is 5.76. The predicted molar refractivity (Wildman–Crippen MR) is 79.3 cm³/mol. The fraction of sp³-hybridized carbons (Fsp3) is 1.00. The van der Waals surface area contributed by atoms with E-state index in [0.29, 0.717) is 11.5 Å². The molecule has 110 valence electrons. The summed E-state index contributed by atoms with van der Waals surface area (Å²) in [4.78, 5) is 2.88. The van der Waals surface area contributed by atoms with E-state index in [1.165, 1.54) is 51.5 Å². The fourth-order valence-corrected chi connectivity index (χ4v) is 4.23. The van der Waals surface area contributed by atoms with Crippen molar-refractivity contribution in [3.8, 4) is 0 Å². The smallest absolute Gasteiger partial charge is 0.0538 e. The fourth-order valence-electron chi connectivity index (χ4n) is 4.23. The zero-order chi connectivity index (χ0) is 13.5. The first-order valence-electron chi connectivity index (χ1n) is 8.49. The quantitative estimate of drug-likeness (QED) is 0.723. The Bertz CT molecular complexity index is 296. The highest BCUT2D eigenvalue weighted by Crippen LogP contribution is 2.50. The molecule has 2 heterocycles. The number of hydrogen-bond donors (Lipinski definition) is 0. The molecule has 3 rings (SSSR count). The van der Waals surface area contributed by atoms with E-state index in [0.717, 1.165) is 24.6 Å². The van der Waals surface area contributed by atoms with Crippen LogP contribution in [0.4, 0.5) is 0 Å². The van der Waals surface area contributed by atoms with E-state index in [9.17, 15) is 0 Å². The van der Waals surface area contributed by atoms with Gasteiger partial charge in [0, 0.05) is 24.0 Å². The van der Waals surface area contributed by atoms with Crippen LogP contribution in [0.15, 0.2) is 0 Å². The van der Waals surface area contributed by atoms with Crippen molar-refractivity contribution in [1.29, 1.82) is 0 Å². The van der Waals surface area contributed by atoms with E-state index in [-0.39, 0.29) is 0 Å².